The van der Waals surface area contributed by atoms with E-state index in [0.717, 1.165) is 0 Å². The number of ether oxygens (including phenoxy) is 1. The molecule has 0 saturated carbocycles. The Bertz CT molecular complexity index is 362. The summed E-state index contributed by atoms with van der Waals surface area (Å²) in [5, 5.41) is 10.5. The lowest BCUT2D eigenvalue weighted by molar-refractivity contribution is -0.255. The fourth-order valence-electron chi connectivity index (χ4n) is 0.988. The summed E-state index contributed by atoms with van der Waals surface area (Å²) in [6.07, 6.45) is 0. The van der Waals surface area contributed by atoms with Crippen molar-refractivity contribution in [2.75, 3.05) is 6.61 Å². The van der Waals surface area contributed by atoms with Gasteiger partial charge in [0.05, 0.1) is 18.1 Å². The van der Waals surface area contributed by atoms with Crippen LogP contribution in [0.1, 0.15) is 27.6 Å². The van der Waals surface area contributed by atoms with Crippen molar-refractivity contribution >= 4 is 11.9 Å². The van der Waals surface area contributed by atoms with Gasteiger partial charge in [0.15, 0.2) is 0 Å². The summed E-state index contributed by atoms with van der Waals surface area (Å²) < 4.78 is 4.71. The number of carbonyl (C=O) groups is 2. The van der Waals surface area contributed by atoms with E-state index in [9.17, 15) is 14.7 Å². The van der Waals surface area contributed by atoms with Crippen molar-refractivity contribution in [2.45, 2.75) is 6.92 Å². The van der Waals surface area contributed by atoms with E-state index in [1.165, 1.54) is 24.3 Å². The summed E-state index contributed by atoms with van der Waals surface area (Å²) in [5.41, 5.74) is 0.184. The molecule has 0 bridgehead atoms. The summed E-state index contributed by atoms with van der Waals surface area (Å²) in [6.45, 7) is 1.94. The van der Waals surface area contributed by atoms with E-state index in [1.54, 1.807) is 6.92 Å². The summed E-state index contributed by atoms with van der Waals surface area (Å²) in [4.78, 5) is 21.7. The Morgan fingerprint density at radius 3 is 2.47 bits per heavy atom. The Morgan fingerprint density at radius 1 is 1.33 bits per heavy atom. The van der Waals surface area contributed by atoms with Crippen molar-refractivity contribution in [3.8, 4) is 0 Å². The van der Waals surface area contributed by atoms with Crippen molar-refractivity contribution in [3.05, 3.63) is 35.4 Å². The lowest BCUT2D eigenvalue weighted by Gasteiger charge is -2.05. The second-order valence-corrected chi connectivity index (χ2v) is 2.59. The molecule has 1 aromatic rings. The van der Waals surface area contributed by atoms with Gasteiger partial charge in [-0.05, 0) is 24.6 Å². The van der Waals surface area contributed by atoms with Crippen LogP contribution in [0.3, 0.4) is 0 Å². The molecule has 0 unspecified atom stereocenters. The van der Waals surface area contributed by atoms with E-state index in [-0.39, 0.29) is 30.1 Å². The molecule has 1 aromatic carbocycles. The molecule has 0 spiro atoms. The largest absolute Gasteiger partial charge is 1.00 e. The van der Waals surface area contributed by atoms with Crippen LogP contribution in [0.2, 0.25) is 0 Å². The molecular weight excluding hydrogens is 220 g/mol. The molecule has 0 atom stereocenters. The molecule has 0 saturated heterocycles. The average Bonchev–Trinajstić information content (AvgIpc) is 2.18. The predicted molar refractivity (Wildman–Crippen MR) is 46.7 cm³/mol. The first-order valence-corrected chi connectivity index (χ1v) is 4.13. The molecule has 0 amide bonds. The van der Waals surface area contributed by atoms with Crippen LogP contribution in [0.5, 0.6) is 0 Å². The highest BCUT2D eigenvalue weighted by Crippen LogP contribution is 2.05. The Balaban J connectivity index is 0.00000196. The number of benzene rings is 1. The zero-order valence-electron chi connectivity index (χ0n) is 8.03. The number of hydrogen-bond acceptors (Lipinski definition) is 4. The molecular formula is C10H9ClO4-2. The third kappa shape index (κ3) is 3.59. The second kappa shape index (κ2) is 6.03. The van der Waals surface area contributed by atoms with Crippen LogP contribution >= 0.6 is 0 Å². The molecule has 0 radical (unpaired) electrons. The Kier molecular flexibility index (Phi) is 5.41. The van der Waals surface area contributed by atoms with Gasteiger partial charge in [0.2, 0.25) is 0 Å². The quantitative estimate of drug-likeness (QED) is 0.526. The molecule has 0 aliphatic heterocycles. The number of carboxylic acid groups (broad SMARTS) is 1. The maximum atomic E-state index is 11.2. The normalized spacial score (nSPS) is 8.87. The topological polar surface area (TPSA) is 66.4 Å². The van der Waals surface area contributed by atoms with Crippen LogP contribution in [0.4, 0.5) is 0 Å². The standard InChI is InChI=1S/C10H10O4.ClH/c1-2-14-10(13)8-5-3-4-7(6-8)9(11)12;/h3-6H,2H2,1H3,(H,11,12);1H/p-2. The van der Waals surface area contributed by atoms with Gasteiger partial charge in [0, 0.05) is 0 Å². The summed E-state index contributed by atoms with van der Waals surface area (Å²) in [6, 6.07) is 5.55. The average molecular weight is 229 g/mol. The highest BCUT2D eigenvalue weighted by Gasteiger charge is 2.06. The molecule has 0 heterocycles. The zero-order chi connectivity index (χ0) is 10.6. The number of esters is 1. The number of halogens is 1. The SMILES string of the molecule is CCOC(=O)c1cccc(C(=O)[O-])c1.[Cl-]. The van der Waals surface area contributed by atoms with E-state index in [2.05, 4.69) is 0 Å². The highest BCUT2D eigenvalue weighted by atomic mass is 35.5. The molecule has 0 N–H and O–H groups in total. The molecule has 82 valence electrons. The van der Waals surface area contributed by atoms with Crippen molar-refractivity contribution in [2.24, 2.45) is 0 Å². The number of hydrogen-bond donors (Lipinski definition) is 0. The van der Waals surface area contributed by atoms with Crippen LogP contribution in [0.15, 0.2) is 24.3 Å². The summed E-state index contributed by atoms with van der Waals surface area (Å²) >= 11 is 0. The van der Waals surface area contributed by atoms with Crippen molar-refractivity contribution in [1.82, 2.24) is 0 Å². The number of carbonyl (C=O) groups excluding carboxylic acids is 2. The van der Waals surface area contributed by atoms with Gasteiger partial charge in [-0.15, -0.1) is 0 Å². The predicted octanol–water partition coefficient (Wildman–Crippen LogP) is -2.77. The number of rotatable bonds is 3. The van der Waals surface area contributed by atoms with Gasteiger partial charge < -0.3 is 27.0 Å². The van der Waals surface area contributed by atoms with Crippen LogP contribution in [-0.4, -0.2) is 18.5 Å². The number of carboxylic acids is 1. The fraction of sp³-hybridized carbons (Fsp3) is 0.200. The van der Waals surface area contributed by atoms with E-state index >= 15 is 0 Å². The molecule has 5 heteroatoms. The minimum Gasteiger partial charge on any atom is -1.00 e. The summed E-state index contributed by atoms with van der Waals surface area (Å²) in [7, 11) is 0. The molecule has 0 aliphatic carbocycles. The lowest BCUT2D eigenvalue weighted by Crippen LogP contribution is -3.00. The van der Waals surface area contributed by atoms with Crippen LogP contribution in [0, 0.1) is 0 Å². The highest BCUT2D eigenvalue weighted by molar-refractivity contribution is 5.93. The zero-order valence-corrected chi connectivity index (χ0v) is 8.78. The first-order valence-electron chi connectivity index (χ1n) is 4.13. The Morgan fingerprint density at radius 2 is 1.93 bits per heavy atom. The first-order chi connectivity index (χ1) is 6.65. The smallest absolute Gasteiger partial charge is 0.338 e. The van der Waals surface area contributed by atoms with E-state index in [0.29, 0.717) is 0 Å². The van der Waals surface area contributed by atoms with Gasteiger partial charge in [-0.1, -0.05) is 12.1 Å². The van der Waals surface area contributed by atoms with Crippen molar-refractivity contribution in [1.29, 1.82) is 0 Å². The fourth-order valence-corrected chi connectivity index (χ4v) is 0.988. The molecule has 0 aromatic heterocycles. The van der Waals surface area contributed by atoms with Crippen molar-refractivity contribution < 1.29 is 31.8 Å². The monoisotopic (exact) mass is 228 g/mol. The second-order valence-electron chi connectivity index (χ2n) is 2.59. The third-order valence-corrected chi connectivity index (χ3v) is 1.61. The molecule has 0 aliphatic rings. The van der Waals surface area contributed by atoms with Gasteiger partial charge in [0.1, 0.15) is 0 Å². The van der Waals surface area contributed by atoms with E-state index in [1.807, 2.05) is 0 Å². The maximum Gasteiger partial charge on any atom is 0.338 e. The van der Waals surface area contributed by atoms with Gasteiger partial charge in [0.25, 0.3) is 0 Å². The van der Waals surface area contributed by atoms with Gasteiger partial charge in [-0.3, -0.25) is 0 Å². The van der Waals surface area contributed by atoms with Crippen molar-refractivity contribution in [3.63, 3.8) is 0 Å². The molecule has 1 rings (SSSR count). The van der Waals surface area contributed by atoms with Crippen LogP contribution < -0.4 is 17.5 Å². The first kappa shape index (κ1) is 13.4. The van der Waals surface area contributed by atoms with E-state index in [4.69, 9.17) is 4.74 Å². The Hall–Kier alpha value is -1.55. The minimum atomic E-state index is -1.31. The summed E-state index contributed by atoms with van der Waals surface area (Å²) in [5.74, 6) is -1.84. The van der Waals surface area contributed by atoms with Gasteiger partial charge in [-0.2, -0.15) is 0 Å². The Labute approximate surface area is 93.3 Å². The third-order valence-electron chi connectivity index (χ3n) is 1.61. The maximum absolute atomic E-state index is 11.2. The molecule has 4 nitrogen and oxygen atoms in total. The van der Waals surface area contributed by atoms with Gasteiger partial charge in [-0.25, -0.2) is 4.79 Å². The van der Waals surface area contributed by atoms with Gasteiger partial charge >= 0.3 is 5.97 Å². The molecule has 0 fully saturated rings. The number of aromatic carboxylic acids is 1. The van der Waals surface area contributed by atoms with Crippen LogP contribution in [-0.2, 0) is 4.74 Å². The van der Waals surface area contributed by atoms with E-state index < -0.39 is 11.9 Å². The van der Waals surface area contributed by atoms with Crippen LogP contribution in [0.25, 0.3) is 0 Å². The minimum absolute atomic E-state index is 0. The lowest BCUT2D eigenvalue weighted by atomic mass is 10.1. The molecule has 15 heavy (non-hydrogen) atoms.